The van der Waals surface area contributed by atoms with Crippen molar-refractivity contribution in [3.63, 3.8) is 0 Å². The second kappa shape index (κ2) is 13.0. The number of hydrogen-bond donors (Lipinski definition) is 0. The van der Waals surface area contributed by atoms with E-state index in [1.54, 1.807) is 25.3 Å². The van der Waals surface area contributed by atoms with Gasteiger partial charge in [0.2, 0.25) is 0 Å². The Labute approximate surface area is 224 Å². The first-order valence-corrected chi connectivity index (χ1v) is 11.8. The monoisotopic (exact) mass is 495 g/mol. The molecule has 0 saturated carbocycles. The zero-order chi connectivity index (χ0) is 24.6. The van der Waals surface area contributed by atoms with Crippen molar-refractivity contribution in [1.29, 1.82) is 0 Å². The molecule has 1 atom stereocenters. The molecule has 1 radical (unpaired) electrons. The molecule has 0 N–H and O–H groups in total. The molecule has 4 aromatic carbocycles. The molecule has 0 amide bonds. The number of ether oxygens (including phenoxy) is 5. The summed E-state index contributed by atoms with van der Waals surface area (Å²) < 4.78 is 28.4. The van der Waals surface area contributed by atoms with E-state index in [-0.39, 0.29) is 33.0 Å². The number of hydrogen-bond acceptors (Lipinski definition) is 6. The van der Waals surface area contributed by atoms with Crippen molar-refractivity contribution in [1.82, 2.24) is 0 Å². The first kappa shape index (κ1) is 27.2. The predicted octanol–water partition coefficient (Wildman–Crippen LogP) is 6.06. The first-order chi connectivity index (χ1) is 17.1. The standard InChI is InChI=1S/C28H25O6P.Li/c1-30-22-17-24(31-2)27(25(18-22)32-3)28(29)35-26-15-14-21(33-19-10-6-4-7-11-19)16-23(26)34-20-12-8-5-9-13-20;/h4-18,35H,1-3H3;. The van der Waals surface area contributed by atoms with E-state index in [0.717, 1.165) is 5.30 Å². The van der Waals surface area contributed by atoms with Crippen LogP contribution in [0.4, 0.5) is 0 Å². The fraction of sp³-hybridized carbons (Fsp3) is 0.107. The summed E-state index contributed by atoms with van der Waals surface area (Å²) >= 11 is 0. The van der Waals surface area contributed by atoms with Gasteiger partial charge in [-0.15, -0.1) is 0 Å². The Balaban J connectivity index is 0.00000361. The maximum Gasteiger partial charge on any atom is 0.193 e. The molecule has 0 bridgehead atoms. The maximum atomic E-state index is 13.5. The fourth-order valence-corrected chi connectivity index (χ4v) is 4.44. The quantitative estimate of drug-likeness (QED) is 0.197. The van der Waals surface area contributed by atoms with Gasteiger partial charge in [-0.2, -0.15) is 0 Å². The van der Waals surface area contributed by atoms with Crippen LogP contribution in [0.15, 0.2) is 91.0 Å². The Hall–Kier alpha value is -3.42. The molecule has 4 rings (SSSR count). The van der Waals surface area contributed by atoms with Gasteiger partial charge in [0, 0.05) is 42.4 Å². The SMILES string of the molecule is COc1cc(OC)c(C(=O)Pc2ccc(Oc3ccccc3)cc2Oc2ccccc2)c(OC)c1.[Li]. The summed E-state index contributed by atoms with van der Waals surface area (Å²) in [5, 5.41) is 0.721. The summed E-state index contributed by atoms with van der Waals surface area (Å²) in [5.41, 5.74) is 0.195. The Morgan fingerprint density at radius 3 is 1.64 bits per heavy atom. The average Bonchev–Trinajstić information content (AvgIpc) is 2.90. The summed E-state index contributed by atoms with van der Waals surface area (Å²) in [6.45, 7) is 0. The van der Waals surface area contributed by atoms with Gasteiger partial charge in [0.15, 0.2) is 5.52 Å². The van der Waals surface area contributed by atoms with Crippen LogP contribution in [-0.4, -0.2) is 45.7 Å². The van der Waals surface area contributed by atoms with E-state index < -0.39 is 0 Å². The summed E-state index contributed by atoms with van der Waals surface area (Å²) in [6.07, 6.45) is 0. The molecule has 6 nitrogen and oxygen atoms in total. The minimum Gasteiger partial charge on any atom is -0.496 e. The summed E-state index contributed by atoms with van der Waals surface area (Å²) in [6, 6.07) is 27.7. The number of carbonyl (C=O) groups is 1. The second-order valence-corrected chi connectivity index (χ2v) is 8.59. The molecule has 0 aliphatic carbocycles. The number of carbonyl (C=O) groups excluding carboxylic acids is 1. The van der Waals surface area contributed by atoms with Crippen molar-refractivity contribution in [3.8, 4) is 40.2 Å². The molecule has 0 aliphatic rings. The largest absolute Gasteiger partial charge is 0.496 e. The molecule has 0 saturated heterocycles. The topological polar surface area (TPSA) is 63.2 Å². The summed E-state index contributed by atoms with van der Waals surface area (Å²) in [4.78, 5) is 13.5. The molecule has 0 heterocycles. The van der Waals surface area contributed by atoms with E-state index in [1.807, 2.05) is 72.8 Å². The molecule has 36 heavy (non-hydrogen) atoms. The summed E-state index contributed by atoms with van der Waals surface area (Å²) in [7, 11) is 4.31. The maximum absolute atomic E-state index is 13.5. The molecular formula is C28H25LiO6P. The van der Waals surface area contributed by atoms with Crippen molar-refractivity contribution < 1.29 is 28.5 Å². The number of methoxy groups -OCH3 is 3. The van der Waals surface area contributed by atoms with Gasteiger partial charge in [-0.3, -0.25) is 4.79 Å². The Morgan fingerprint density at radius 2 is 1.11 bits per heavy atom. The van der Waals surface area contributed by atoms with Crippen molar-refractivity contribution in [3.05, 3.63) is 96.6 Å². The van der Waals surface area contributed by atoms with Gasteiger partial charge < -0.3 is 23.7 Å². The minimum absolute atomic E-state index is 0. The number of benzene rings is 4. The number of para-hydroxylation sites is 2. The molecule has 4 aromatic rings. The third-order valence-electron chi connectivity index (χ3n) is 5.09. The van der Waals surface area contributed by atoms with Crippen LogP contribution in [0.1, 0.15) is 10.4 Å². The van der Waals surface area contributed by atoms with Crippen LogP contribution in [0.2, 0.25) is 0 Å². The average molecular weight is 495 g/mol. The van der Waals surface area contributed by atoms with Gasteiger partial charge in [0.05, 0.1) is 21.3 Å². The molecule has 0 aromatic heterocycles. The van der Waals surface area contributed by atoms with Gasteiger partial charge in [-0.25, -0.2) is 0 Å². The fourth-order valence-electron chi connectivity index (χ4n) is 3.41. The van der Waals surface area contributed by atoms with Crippen LogP contribution in [0.25, 0.3) is 0 Å². The van der Waals surface area contributed by atoms with Crippen molar-refractivity contribution >= 4 is 38.3 Å². The minimum atomic E-state index is -0.253. The molecule has 0 aliphatic heterocycles. The van der Waals surface area contributed by atoms with E-state index in [2.05, 4.69) is 0 Å². The third kappa shape index (κ3) is 6.62. The second-order valence-electron chi connectivity index (χ2n) is 7.35. The molecular weight excluding hydrogens is 470 g/mol. The van der Waals surface area contributed by atoms with Crippen LogP contribution in [0.5, 0.6) is 40.2 Å². The van der Waals surface area contributed by atoms with Crippen LogP contribution < -0.4 is 29.0 Å². The molecule has 1 unspecified atom stereocenters. The predicted molar refractivity (Wildman–Crippen MR) is 144 cm³/mol. The van der Waals surface area contributed by atoms with Crippen LogP contribution in [0.3, 0.4) is 0 Å². The van der Waals surface area contributed by atoms with Gasteiger partial charge >= 0.3 is 0 Å². The van der Waals surface area contributed by atoms with Gasteiger partial charge in [-0.05, 0) is 45.0 Å². The third-order valence-corrected chi connectivity index (χ3v) is 6.25. The van der Waals surface area contributed by atoms with Crippen molar-refractivity contribution in [2.75, 3.05) is 21.3 Å². The Bertz CT molecular complexity index is 1270. The van der Waals surface area contributed by atoms with E-state index in [1.165, 1.54) is 14.2 Å². The van der Waals surface area contributed by atoms with E-state index in [4.69, 9.17) is 23.7 Å². The van der Waals surface area contributed by atoms with E-state index in [0.29, 0.717) is 45.8 Å². The van der Waals surface area contributed by atoms with E-state index in [9.17, 15) is 4.79 Å². The molecule has 179 valence electrons. The van der Waals surface area contributed by atoms with Crippen LogP contribution in [-0.2, 0) is 0 Å². The Kier molecular flexibility index (Phi) is 9.84. The van der Waals surface area contributed by atoms with Crippen LogP contribution >= 0.6 is 8.58 Å². The summed E-state index contributed by atoms with van der Waals surface area (Å²) in [5.74, 6) is 3.79. The van der Waals surface area contributed by atoms with Gasteiger partial charge in [0.25, 0.3) is 0 Å². The van der Waals surface area contributed by atoms with Crippen molar-refractivity contribution in [2.45, 2.75) is 0 Å². The zero-order valence-electron chi connectivity index (χ0n) is 20.6. The smallest absolute Gasteiger partial charge is 0.193 e. The molecule has 0 spiro atoms. The van der Waals surface area contributed by atoms with Crippen LogP contribution in [0, 0.1) is 0 Å². The van der Waals surface area contributed by atoms with E-state index >= 15 is 0 Å². The number of rotatable bonds is 10. The van der Waals surface area contributed by atoms with Gasteiger partial charge in [-0.1, -0.05) is 36.4 Å². The normalized spacial score (nSPS) is 10.4. The van der Waals surface area contributed by atoms with Gasteiger partial charge in [0.1, 0.15) is 45.8 Å². The molecule has 8 heteroatoms. The first-order valence-electron chi connectivity index (χ1n) is 10.8. The molecule has 0 fully saturated rings. The zero-order valence-corrected chi connectivity index (χ0v) is 21.6. The Morgan fingerprint density at radius 1 is 0.583 bits per heavy atom. The van der Waals surface area contributed by atoms with Crippen molar-refractivity contribution in [2.24, 2.45) is 0 Å².